The van der Waals surface area contributed by atoms with Crippen LogP contribution in [0.3, 0.4) is 0 Å². The van der Waals surface area contributed by atoms with Crippen molar-refractivity contribution in [2.45, 2.75) is 6.42 Å². The predicted molar refractivity (Wildman–Crippen MR) is 73.4 cm³/mol. The maximum Gasteiger partial charge on any atom is 0.228 e. The minimum Gasteiger partial charge on any atom is -0.508 e. The molecule has 0 fully saturated rings. The molecule has 0 aliphatic carbocycles. The molecule has 20 heavy (non-hydrogen) atoms. The van der Waals surface area contributed by atoms with E-state index >= 15 is 0 Å². The van der Waals surface area contributed by atoms with E-state index in [0.29, 0.717) is 11.3 Å². The molecular weight excluding hydrogens is 261 g/mol. The Hall–Kier alpha value is -2.56. The van der Waals surface area contributed by atoms with Crippen molar-refractivity contribution in [3.8, 4) is 11.5 Å². The van der Waals surface area contributed by atoms with Crippen LogP contribution in [0.2, 0.25) is 0 Å². The third-order valence-electron chi connectivity index (χ3n) is 2.78. The first-order chi connectivity index (χ1) is 9.60. The van der Waals surface area contributed by atoms with Gasteiger partial charge in [-0.05, 0) is 18.2 Å². The van der Waals surface area contributed by atoms with Crippen LogP contribution in [0.4, 0.5) is 10.1 Å². The van der Waals surface area contributed by atoms with Crippen molar-refractivity contribution in [1.82, 2.24) is 0 Å². The van der Waals surface area contributed by atoms with E-state index in [1.54, 1.807) is 18.2 Å². The Labute approximate surface area is 115 Å². The molecule has 104 valence electrons. The third kappa shape index (κ3) is 3.26. The van der Waals surface area contributed by atoms with Gasteiger partial charge in [0.2, 0.25) is 5.91 Å². The number of amides is 1. The highest BCUT2D eigenvalue weighted by molar-refractivity contribution is 5.92. The van der Waals surface area contributed by atoms with Gasteiger partial charge in [-0.3, -0.25) is 4.79 Å². The van der Waals surface area contributed by atoms with E-state index in [4.69, 9.17) is 4.74 Å². The summed E-state index contributed by atoms with van der Waals surface area (Å²) in [5.41, 5.74) is 0.961. The molecular formula is C15H14FNO3. The molecule has 0 bridgehead atoms. The molecule has 2 N–H and O–H groups in total. The Kier molecular flexibility index (Phi) is 4.20. The molecule has 4 nitrogen and oxygen atoms in total. The van der Waals surface area contributed by atoms with Crippen LogP contribution in [0, 0.1) is 5.82 Å². The van der Waals surface area contributed by atoms with Crippen LogP contribution in [-0.4, -0.2) is 18.1 Å². The van der Waals surface area contributed by atoms with Crippen LogP contribution in [-0.2, 0) is 11.2 Å². The van der Waals surface area contributed by atoms with E-state index in [1.165, 1.54) is 31.4 Å². The Morgan fingerprint density at radius 1 is 1.30 bits per heavy atom. The quantitative estimate of drug-likeness (QED) is 0.902. The number of aromatic hydroxyl groups is 1. The van der Waals surface area contributed by atoms with Gasteiger partial charge in [-0.1, -0.05) is 18.2 Å². The van der Waals surface area contributed by atoms with Gasteiger partial charge < -0.3 is 15.2 Å². The summed E-state index contributed by atoms with van der Waals surface area (Å²) in [6.45, 7) is 0. The molecule has 0 saturated heterocycles. The molecule has 2 aromatic rings. The minimum absolute atomic E-state index is 0.0341. The lowest BCUT2D eigenvalue weighted by atomic mass is 10.1. The smallest absolute Gasteiger partial charge is 0.228 e. The van der Waals surface area contributed by atoms with Crippen molar-refractivity contribution >= 4 is 11.6 Å². The van der Waals surface area contributed by atoms with Crippen LogP contribution < -0.4 is 10.1 Å². The van der Waals surface area contributed by atoms with Crippen molar-refractivity contribution in [1.29, 1.82) is 0 Å². The van der Waals surface area contributed by atoms with Gasteiger partial charge in [-0.25, -0.2) is 4.39 Å². The maximum atomic E-state index is 13.2. The molecule has 0 aliphatic rings. The number of rotatable bonds is 4. The summed E-state index contributed by atoms with van der Waals surface area (Å²) in [4.78, 5) is 11.9. The van der Waals surface area contributed by atoms with Gasteiger partial charge in [0.25, 0.3) is 0 Å². The monoisotopic (exact) mass is 275 g/mol. The molecule has 0 aliphatic heterocycles. The molecule has 0 atom stereocenters. The number of carbonyl (C=O) groups is 1. The topological polar surface area (TPSA) is 58.6 Å². The lowest BCUT2D eigenvalue weighted by molar-refractivity contribution is -0.115. The Bertz CT molecular complexity index is 628. The lowest BCUT2D eigenvalue weighted by Crippen LogP contribution is -2.14. The SMILES string of the molecule is COc1cc(NC(=O)Cc2ccccc2O)ccc1F. The van der Waals surface area contributed by atoms with E-state index in [0.717, 1.165) is 0 Å². The van der Waals surface area contributed by atoms with Gasteiger partial charge in [0.15, 0.2) is 11.6 Å². The highest BCUT2D eigenvalue weighted by Crippen LogP contribution is 2.22. The maximum absolute atomic E-state index is 13.2. The molecule has 5 heteroatoms. The van der Waals surface area contributed by atoms with Crippen molar-refractivity contribution in [2.24, 2.45) is 0 Å². The number of nitrogens with one attached hydrogen (secondary N) is 1. The number of anilines is 1. The molecule has 1 amide bonds. The summed E-state index contributed by atoms with van der Waals surface area (Å²) in [5, 5.41) is 12.2. The van der Waals surface area contributed by atoms with E-state index in [1.807, 2.05) is 0 Å². The number of benzene rings is 2. The first-order valence-corrected chi connectivity index (χ1v) is 6.00. The first kappa shape index (κ1) is 13.9. The number of halogens is 1. The van der Waals surface area contributed by atoms with E-state index in [2.05, 4.69) is 5.32 Å². The number of carbonyl (C=O) groups excluding carboxylic acids is 1. The number of hydrogen-bond acceptors (Lipinski definition) is 3. The summed E-state index contributed by atoms with van der Waals surface area (Å²) in [5.74, 6) is -0.670. The second kappa shape index (κ2) is 6.06. The minimum atomic E-state index is -0.494. The zero-order valence-corrected chi connectivity index (χ0v) is 10.9. The lowest BCUT2D eigenvalue weighted by Gasteiger charge is -2.08. The average Bonchev–Trinajstić information content (AvgIpc) is 2.43. The van der Waals surface area contributed by atoms with Gasteiger partial charge in [-0.15, -0.1) is 0 Å². The molecule has 0 heterocycles. The molecule has 0 spiro atoms. The van der Waals surface area contributed by atoms with Crippen molar-refractivity contribution in [3.63, 3.8) is 0 Å². The van der Waals surface area contributed by atoms with E-state index < -0.39 is 5.82 Å². The summed E-state index contributed by atoms with van der Waals surface area (Å²) in [6, 6.07) is 10.7. The van der Waals surface area contributed by atoms with Crippen LogP contribution in [0.5, 0.6) is 11.5 Å². The van der Waals surface area contributed by atoms with Crippen LogP contribution >= 0.6 is 0 Å². The standard InChI is InChI=1S/C15H14FNO3/c1-20-14-9-11(6-7-12(14)16)17-15(19)8-10-4-2-3-5-13(10)18/h2-7,9,18H,8H2,1H3,(H,17,19). The highest BCUT2D eigenvalue weighted by Gasteiger charge is 2.09. The Morgan fingerprint density at radius 3 is 2.75 bits per heavy atom. The number of ether oxygens (including phenoxy) is 1. The number of hydrogen-bond donors (Lipinski definition) is 2. The van der Waals surface area contributed by atoms with Crippen molar-refractivity contribution in [3.05, 3.63) is 53.8 Å². The molecule has 0 radical (unpaired) electrons. The fourth-order valence-electron chi connectivity index (χ4n) is 1.78. The Balaban J connectivity index is 2.07. The second-order valence-electron chi connectivity index (χ2n) is 4.20. The predicted octanol–water partition coefficient (Wildman–Crippen LogP) is 2.72. The second-order valence-corrected chi connectivity index (χ2v) is 4.20. The fourth-order valence-corrected chi connectivity index (χ4v) is 1.78. The van der Waals surface area contributed by atoms with Crippen molar-refractivity contribution in [2.75, 3.05) is 12.4 Å². The van der Waals surface area contributed by atoms with Gasteiger partial charge in [0.1, 0.15) is 5.75 Å². The van der Waals surface area contributed by atoms with Crippen LogP contribution in [0.25, 0.3) is 0 Å². The van der Waals surface area contributed by atoms with E-state index in [-0.39, 0.29) is 23.8 Å². The molecule has 0 aromatic heterocycles. The number of methoxy groups -OCH3 is 1. The van der Waals surface area contributed by atoms with Gasteiger partial charge >= 0.3 is 0 Å². The molecule has 2 aromatic carbocycles. The van der Waals surface area contributed by atoms with Crippen molar-refractivity contribution < 1.29 is 19.0 Å². The third-order valence-corrected chi connectivity index (χ3v) is 2.78. The molecule has 0 saturated carbocycles. The number of para-hydroxylation sites is 1. The van der Waals surface area contributed by atoms with Gasteiger partial charge in [-0.2, -0.15) is 0 Å². The van der Waals surface area contributed by atoms with E-state index in [9.17, 15) is 14.3 Å². The van der Waals surface area contributed by atoms with Gasteiger partial charge in [0, 0.05) is 17.3 Å². The molecule has 2 rings (SSSR count). The van der Waals surface area contributed by atoms with Crippen LogP contribution in [0.15, 0.2) is 42.5 Å². The largest absolute Gasteiger partial charge is 0.508 e. The van der Waals surface area contributed by atoms with Crippen LogP contribution in [0.1, 0.15) is 5.56 Å². The normalized spacial score (nSPS) is 10.1. The number of phenolic OH excluding ortho intramolecular Hbond substituents is 1. The highest BCUT2D eigenvalue weighted by atomic mass is 19.1. The van der Waals surface area contributed by atoms with Gasteiger partial charge in [0.05, 0.1) is 13.5 Å². The summed E-state index contributed by atoms with van der Waals surface area (Å²) >= 11 is 0. The fraction of sp³-hybridized carbons (Fsp3) is 0.133. The summed E-state index contributed by atoms with van der Waals surface area (Å²) < 4.78 is 18.1. The average molecular weight is 275 g/mol. The Morgan fingerprint density at radius 2 is 2.05 bits per heavy atom. The number of phenols is 1. The zero-order chi connectivity index (χ0) is 14.5. The zero-order valence-electron chi connectivity index (χ0n) is 10.9. The summed E-state index contributed by atoms with van der Waals surface area (Å²) in [7, 11) is 1.35. The molecule has 0 unspecified atom stereocenters. The summed E-state index contributed by atoms with van der Waals surface area (Å²) in [6.07, 6.45) is 0.0341. The first-order valence-electron chi connectivity index (χ1n) is 6.00.